The fourth-order valence-corrected chi connectivity index (χ4v) is 1.73. The quantitative estimate of drug-likeness (QED) is 0.877. The first-order chi connectivity index (χ1) is 9.72. The van der Waals surface area contributed by atoms with Crippen molar-refractivity contribution in [2.75, 3.05) is 24.3 Å². The molecule has 0 unspecified atom stereocenters. The van der Waals surface area contributed by atoms with Crippen LogP contribution in [0.15, 0.2) is 42.6 Å². The Bertz CT molecular complexity index is 582. The van der Waals surface area contributed by atoms with Gasteiger partial charge in [-0.15, -0.1) is 0 Å². The minimum Gasteiger partial charge on any atom is -0.497 e. The van der Waals surface area contributed by atoms with Crippen molar-refractivity contribution in [2.24, 2.45) is 0 Å². The average molecular weight is 271 g/mol. The van der Waals surface area contributed by atoms with E-state index >= 15 is 0 Å². The topological polar surface area (TPSA) is 63.2 Å². The molecule has 1 aromatic heterocycles. The summed E-state index contributed by atoms with van der Waals surface area (Å²) < 4.78 is 5.11. The lowest BCUT2D eigenvalue weighted by Crippen LogP contribution is -2.13. The fourth-order valence-electron chi connectivity index (χ4n) is 1.73. The highest BCUT2D eigenvalue weighted by Gasteiger charge is 2.08. The summed E-state index contributed by atoms with van der Waals surface area (Å²) >= 11 is 0. The van der Waals surface area contributed by atoms with E-state index in [0.717, 1.165) is 12.2 Å². The van der Waals surface area contributed by atoms with E-state index in [1.165, 1.54) is 0 Å². The minimum absolute atomic E-state index is 0.249. The first-order valence-corrected chi connectivity index (χ1v) is 6.38. The Labute approximate surface area is 118 Å². The van der Waals surface area contributed by atoms with Gasteiger partial charge in [-0.2, -0.15) is 0 Å². The molecule has 0 fully saturated rings. The maximum Gasteiger partial charge on any atom is 0.274 e. The second-order valence-electron chi connectivity index (χ2n) is 4.15. The highest BCUT2D eigenvalue weighted by atomic mass is 16.5. The second-order valence-corrected chi connectivity index (χ2v) is 4.15. The van der Waals surface area contributed by atoms with Crippen molar-refractivity contribution < 1.29 is 9.53 Å². The van der Waals surface area contributed by atoms with Crippen molar-refractivity contribution in [1.29, 1.82) is 0 Å². The van der Waals surface area contributed by atoms with Crippen molar-refractivity contribution in [1.82, 2.24) is 4.98 Å². The van der Waals surface area contributed by atoms with Gasteiger partial charge in [0, 0.05) is 18.3 Å². The summed E-state index contributed by atoms with van der Waals surface area (Å²) in [5, 5.41) is 5.91. The van der Waals surface area contributed by atoms with Gasteiger partial charge < -0.3 is 15.4 Å². The van der Waals surface area contributed by atoms with Crippen molar-refractivity contribution in [2.45, 2.75) is 6.92 Å². The van der Waals surface area contributed by atoms with Gasteiger partial charge in [0.05, 0.1) is 19.0 Å². The number of rotatable bonds is 5. The maximum absolute atomic E-state index is 12.0. The molecule has 0 saturated heterocycles. The number of carbonyl (C=O) groups excluding carboxylic acids is 1. The van der Waals surface area contributed by atoms with Crippen LogP contribution in [0.1, 0.15) is 17.4 Å². The highest BCUT2D eigenvalue weighted by Crippen LogP contribution is 2.17. The largest absolute Gasteiger partial charge is 0.497 e. The Morgan fingerprint density at radius 2 is 2.10 bits per heavy atom. The van der Waals surface area contributed by atoms with Crippen LogP contribution in [0, 0.1) is 0 Å². The Morgan fingerprint density at radius 1 is 1.25 bits per heavy atom. The first-order valence-electron chi connectivity index (χ1n) is 6.38. The number of hydrogen-bond acceptors (Lipinski definition) is 4. The lowest BCUT2D eigenvalue weighted by atomic mass is 10.2. The van der Waals surface area contributed by atoms with Crippen molar-refractivity contribution in [3.63, 3.8) is 0 Å². The van der Waals surface area contributed by atoms with Gasteiger partial charge in [0.25, 0.3) is 5.91 Å². The molecule has 0 radical (unpaired) electrons. The van der Waals surface area contributed by atoms with Crippen LogP contribution in [0.25, 0.3) is 0 Å². The van der Waals surface area contributed by atoms with Crippen molar-refractivity contribution in [3.8, 4) is 5.75 Å². The molecule has 0 aliphatic heterocycles. The molecule has 1 heterocycles. The van der Waals surface area contributed by atoms with Gasteiger partial charge in [-0.1, -0.05) is 6.07 Å². The lowest BCUT2D eigenvalue weighted by molar-refractivity contribution is 0.102. The number of anilines is 2. The molecule has 0 bridgehead atoms. The van der Waals surface area contributed by atoms with Gasteiger partial charge in [-0.3, -0.25) is 4.79 Å². The molecule has 0 saturated carbocycles. The third kappa shape index (κ3) is 3.47. The summed E-state index contributed by atoms with van der Waals surface area (Å²) in [7, 11) is 1.59. The van der Waals surface area contributed by atoms with Gasteiger partial charge >= 0.3 is 0 Å². The van der Waals surface area contributed by atoms with E-state index in [-0.39, 0.29) is 5.91 Å². The Balaban J connectivity index is 2.07. The van der Waals surface area contributed by atoms with Gasteiger partial charge in [0.15, 0.2) is 0 Å². The van der Waals surface area contributed by atoms with Crippen LogP contribution < -0.4 is 15.4 Å². The number of nitrogens with zero attached hydrogens (tertiary/aromatic N) is 1. The van der Waals surface area contributed by atoms with E-state index in [4.69, 9.17) is 4.74 Å². The first kappa shape index (κ1) is 13.9. The van der Waals surface area contributed by atoms with E-state index < -0.39 is 0 Å². The van der Waals surface area contributed by atoms with Gasteiger partial charge in [0.1, 0.15) is 11.4 Å². The molecule has 2 aromatic rings. The Hall–Kier alpha value is -2.56. The number of hydrogen-bond donors (Lipinski definition) is 2. The molecule has 0 spiro atoms. The maximum atomic E-state index is 12.0. The predicted octanol–water partition coefficient (Wildman–Crippen LogP) is 2.77. The van der Waals surface area contributed by atoms with Crippen LogP contribution in [0.5, 0.6) is 5.75 Å². The third-order valence-corrected chi connectivity index (χ3v) is 2.70. The average Bonchev–Trinajstić information content (AvgIpc) is 2.48. The molecule has 0 aliphatic carbocycles. The molecule has 2 rings (SSSR count). The van der Waals surface area contributed by atoms with Crippen LogP contribution in [0.2, 0.25) is 0 Å². The molecule has 20 heavy (non-hydrogen) atoms. The highest BCUT2D eigenvalue weighted by molar-refractivity contribution is 6.03. The summed E-state index contributed by atoms with van der Waals surface area (Å²) in [4.78, 5) is 16.2. The van der Waals surface area contributed by atoms with Crippen LogP contribution in [0.4, 0.5) is 11.4 Å². The molecule has 104 valence electrons. The molecule has 2 N–H and O–H groups in total. The molecule has 5 heteroatoms. The number of pyridine rings is 1. The summed E-state index contributed by atoms with van der Waals surface area (Å²) in [6.07, 6.45) is 1.64. The molecule has 1 amide bonds. The zero-order valence-corrected chi connectivity index (χ0v) is 11.5. The predicted molar refractivity (Wildman–Crippen MR) is 79.3 cm³/mol. The number of methoxy groups -OCH3 is 1. The minimum atomic E-state index is -0.249. The number of carbonyl (C=O) groups is 1. The standard InChI is InChI=1S/C15H17N3O2/c1-3-16-12-7-8-14(17-10-12)15(19)18-11-5-4-6-13(9-11)20-2/h4-10,16H,3H2,1-2H3,(H,18,19). The van der Waals surface area contributed by atoms with Crippen LogP contribution in [0.3, 0.4) is 0 Å². The fraction of sp³-hybridized carbons (Fsp3) is 0.200. The van der Waals surface area contributed by atoms with Crippen LogP contribution in [-0.2, 0) is 0 Å². The Kier molecular flexibility index (Phi) is 4.55. The smallest absolute Gasteiger partial charge is 0.274 e. The van der Waals surface area contributed by atoms with Crippen LogP contribution >= 0.6 is 0 Å². The molecule has 0 atom stereocenters. The molecule has 1 aromatic carbocycles. The number of ether oxygens (including phenoxy) is 1. The van der Waals surface area contributed by atoms with Gasteiger partial charge in [-0.05, 0) is 31.2 Å². The SMILES string of the molecule is CCNc1ccc(C(=O)Nc2cccc(OC)c2)nc1. The lowest BCUT2D eigenvalue weighted by Gasteiger charge is -2.07. The summed E-state index contributed by atoms with van der Waals surface area (Å²) in [6, 6.07) is 10.7. The number of benzene rings is 1. The number of amides is 1. The van der Waals surface area contributed by atoms with Gasteiger partial charge in [0.2, 0.25) is 0 Å². The number of aromatic nitrogens is 1. The monoisotopic (exact) mass is 271 g/mol. The Morgan fingerprint density at radius 3 is 2.75 bits per heavy atom. The summed E-state index contributed by atoms with van der Waals surface area (Å²) in [5.74, 6) is 0.444. The summed E-state index contributed by atoms with van der Waals surface area (Å²) in [5.41, 5.74) is 1.94. The van der Waals surface area contributed by atoms with E-state index in [0.29, 0.717) is 17.1 Å². The van der Waals surface area contributed by atoms with Crippen molar-refractivity contribution in [3.05, 3.63) is 48.3 Å². The number of nitrogens with one attached hydrogen (secondary N) is 2. The zero-order valence-electron chi connectivity index (χ0n) is 11.5. The van der Waals surface area contributed by atoms with Gasteiger partial charge in [-0.25, -0.2) is 4.98 Å². The molecular formula is C15H17N3O2. The van der Waals surface area contributed by atoms with E-state index in [2.05, 4.69) is 15.6 Å². The molecule has 5 nitrogen and oxygen atoms in total. The zero-order chi connectivity index (χ0) is 14.4. The second kappa shape index (κ2) is 6.56. The van der Waals surface area contributed by atoms with E-state index in [1.54, 1.807) is 31.5 Å². The molecular weight excluding hydrogens is 254 g/mol. The molecule has 0 aliphatic rings. The summed E-state index contributed by atoms with van der Waals surface area (Å²) in [6.45, 7) is 2.82. The third-order valence-electron chi connectivity index (χ3n) is 2.70. The van der Waals surface area contributed by atoms with E-state index in [9.17, 15) is 4.79 Å². The van der Waals surface area contributed by atoms with Crippen molar-refractivity contribution >= 4 is 17.3 Å². The van der Waals surface area contributed by atoms with Crippen LogP contribution in [-0.4, -0.2) is 24.5 Å². The normalized spacial score (nSPS) is 9.90. The van der Waals surface area contributed by atoms with E-state index in [1.807, 2.05) is 25.1 Å².